The number of nitrogens with one attached hydrogen (secondary N) is 1. The number of nitrogens with zero attached hydrogens (tertiary/aromatic N) is 1. The van der Waals surface area contributed by atoms with Crippen molar-refractivity contribution >= 4 is 5.97 Å². The van der Waals surface area contributed by atoms with Gasteiger partial charge >= 0.3 is 5.97 Å². The number of hydrogen-bond donors (Lipinski definition) is 1. The van der Waals surface area contributed by atoms with E-state index in [4.69, 9.17) is 4.74 Å². The minimum Gasteiger partial charge on any atom is -0.463 e. The molecule has 1 N–H and O–H groups in total. The lowest BCUT2D eigenvalue weighted by Crippen LogP contribution is -2.33. The van der Waals surface area contributed by atoms with Crippen LogP contribution in [0.25, 0.3) is 0 Å². The fraction of sp³-hybridized carbons (Fsp3) is 0.667. The summed E-state index contributed by atoms with van der Waals surface area (Å²) in [5.74, 6) is -0.218. The highest BCUT2D eigenvalue weighted by Gasteiger charge is 2.28. The van der Waals surface area contributed by atoms with E-state index < -0.39 is 0 Å². The third kappa shape index (κ3) is 1.83. The molecule has 0 aliphatic carbocycles. The van der Waals surface area contributed by atoms with Gasteiger partial charge in [0.25, 0.3) is 0 Å². The summed E-state index contributed by atoms with van der Waals surface area (Å²) in [6.45, 7) is 6.08. The van der Waals surface area contributed by atoms with Crippen molar-refractivity contribution < 1.29 is 9.53 Å². The van der Waals surface area contributed by atoms with Gasteiger partial charge in [-0.3, -0.25) is 0 Å². The Morgan fingerprint density at radius 2 is 2.31 bits per heavy atom. The third-order valence-electron chi connectivity index (χ3n) is 2.21. The van der Waals surface area contributed by atoms with Gasteiger partial charge in [-0.1, -0.05) is 0 Å². The number of rotatable bonds is 2. The quantitative estimate of drug-likeness (QED) is 0.640. The molecule has 1 atom stereocenters. The van der Waals surface area contributed by atoms with Crippen LogP contribution in [0.5, 0.6) is 0 Å². The van der Waals surface area contributed by atoms with Crippen LogP contribution in [0.2, 0.25) is 0 Å². The second-order valence-electron chi connectivity index (χ2n) is 3.13. The summed E-state index contributed by atoms with van der Waals surface area (Å²) in [7, 11) is 1.89. The van der Waals surface area contributed by atoms with Crippen LogP contribution >= 0.6 is 0 Å². The molecule has 0 saturated heterocycles. The molecule has 4 nitrogen and oxygen atoms in total. The average Bonchev–Trinajstić information content (AvgIpc) is 2.27. The maximum atomic E-state index is 11.5. The summed E-state index contributed by atoms with van der Waals surface area (Å²) < 4.78 is 4.95. The van der Waals surface area contributed by atoms with Crippen LogP contribution < -0.4 is 5.43 Å². The molecular weight excluding hydrogens is 168 g/mol. The Labute approximate surface area is 78.5 Å². The Balaban J connectivity index is 2.82. The first-order valence-corrected chi connectivity index (χ1v) is 4.45. The lowest BCUT2D eigenvalue weighted by atomic mass is 10.1. The summed E-state index contributed by atoms with van der Waals surface area (Å²) >= 11 is 0. The van der Waals surface area contributed by atoms with Crippen molar-refractivity contribution in [1.82, 2.24) is 10.4 Å². The minimum atomic E-state index is -0.218. The molecule has 0 aromatic rings. The molecule has 0 aromatic carbocycles. The van der Waals surface area contributed by atoms with Gasteiger partial charge in [0.05, 0.1) is 18.2 Å². The summed E-state index contributed by atoms with van der Waals surface area (Å²) in [6.07, 6.45) is 0. The van der Waals surface area contributed by atoms with Gasteiger partial charge in [-0.25, -0.2) is 10.2 Å². The fourth-order valence-electron chi connectivity index (χ4n) is 1.48. The molecule has 0 aromatic heterocycles. The number of carbonyl (C=O) groups excluding carboxylic acids is 1. The molecule has 0 spiro atoms. The normalized spacial score (nSPS) is 22.5. The number of carbonyl (C=O) groups is 1. The smallest absolute Gasteiger partial charge is 0.337 e. The molecule has 0 bridgehead atoms. The first kappa shape index (κ1) is 10.1. The SMILES string of the molecule is CCOC(=O)C1=C(C)N(C)NC1C. The predicted molar refractivity (Wildman–Crippen MR) is 49.7 cm³/mol. The summed E-state index contributed by atoms with van der Waals surface area (Å²) in [5, 5.41) is 1.84. The Morgan fingerprint density at radius 1 is 1.69 bits per heavy atom. The largest absolute Gasteiger partial charge is 0.463 e. The van der Waals surface area contributed by atoms with E-state index in [1.54, 1.807) is 0 Å². The first-order chi connectivity index (χ1) is 6.07. The molecule has 13 heavy (non-hydrogen) atoms. The molecule has 0 fully saturated rings. The van der Waals surface area contributed by atoms with Crippen molar-refractivity contribution in [1.29, 1.82) is 0 Å². The number of esters is 1. The van der Waals surface area contributed by atoms with E-state index >= 15 is 0 Å². The van der Waals surface area contributed by atoms with Gasteiger partial charge in [0, 0.05) is 12.7 Å². The Bertz CT molecular complexity index is 248. The molecule has 1 rings (SSSR count). The van der Waals surface area contributed by atoms with Gasteiger partial charge in [-0.05, 0) is 20.8 Å². The zero-order valence-electron chi connectivity index (χ0n) is 8.55. The summed E-state index contributed by atoms with van der Waals surface area (Å²) in [6, 6.07) is 0.0454. The molecule has 1 aliphatic heterocycles. The van der Waals surface area contributed by atoms with Gasteiger partial charge in [-0.15, -0.1) is 0 Å². The number of allylic oxidation sites excluding steroid dienone is 1. The van der Waals surface area contributed by atoms with Crippen LogP contribution in [-0.4, -0.2) is 30.7 Å². The van der Waals surface area contributed by atoms with Gasteiger partial charge in [0.15, 0.2) is 0 Å². The van der Waals surface area contributed by atoms with Gasteiger partial charge in [0.1, 0.15) is 0 Å². The average molecular weight is 184 g/mol. The van der Waals surface area contributed by atoms with Gasteiger partial charge < -0.3 is 9.75 Å². The van der Waals surface area contributed by atoms with Crippen molar-refractivity contribution in [2.24, 2.45) is 0 Å². The summed E-state index contributed by atoms with van der Waals surface area (Å²) in [5.41, 5.74) is 4.78. The highest BCUT2D eigenvalue weighted by Crippen LogP contribution is 2.19. The molecule has 0 amide bonds. The van der Waals surface area contributed by atoms with Gasteiger partial charge in [-0.2, -0.15) is 0 Å². The van der Waals surface area contributed by atoms with E-state index in [1.807, 2.05) is 32.8 Å². The molecular formula is C9H16N2O2. The molecule has 1 unspecified atom stereocenters. The lowest BCUT2D eigenvalue weighted by Gasteiger charge is -2.13. The number of ether oxygens (including phenoxy) is 1. The van der Waals surface area contributed by atoms with Crippen molar-refractivity contribution in [2.75, 3.05) is 13.7 Å². The first-order valence-electron chi connectivity index (χ1n) is 4.45. The van der Waals surface area contributed by atoms with Crippen LogP contribution in [-0.2, 0) is 9.53 Å². The zero-order valence-corrected chi connectivity index (χ0v) is 8.55. The Morgan fingerprint density at radius 3 is 2.69 bits per heavy atom. The van der Waals surface area contributed by atoms with E-state index in [2.05, 4.69) is 5.43 Å². The van der Waals surface area contributed by atoms with Crippen molar-refractivity contribution in [3.8, 4) is 0 Å². The topological polar surface area (TPSA) is 41.6 Å². The van der Waals surface area contributed by atoms with Crippen LogP contribution in [0.3, 0.4) is 0 Å². The number of hydrazine groups is 1. The number of hydrogen-bond acceptors (Lipinski definition) is 4. The lowest BCUT2D eigenvalue weighted by molar-refractivity contribution is -0.138. The van der Waals surface area contributed by atoms with Crippen molar-refractivity contribution in [3.05, 3.63) is 11.3 Å². The van der Waals surface area contributed by atoms with Gasteiger partial charge in [0.2, 0.25) is 0 Å². The Hall–Kier alpha value is -1.03. The third-order valence-corrected chi connectivity index (χ3v) is 2.21. The van der Waals surface area contributed by atoms with E-state index in [9.17, 15) is 4.79 Å². The predicted octanol–water partition coefficient (Wildman–Crippen LogP) is 0.662. The molecule has 4 heteroatoms. The molecule has 1 heterocycles. The summed E-state index contributed by atoms with van der Waals surface area (Å²) in [4.78, 5) is 11.5. The molecule has 1 aliphatic rings. The highest BCUT2D eigenvalue weighted by atomic mass is 16.5. The van der Waals surface area contributed by atoms with Crippen molar-refractivity contribution in [3.63, 3.8) is 0 Å². The highest BCUT2D eigenvalue weighted by molar-refractivity contribution is 5.91. The molecule has 74 valence electrons. The minimum absolute atomic E-state index is 0.0454. The van der Waals surface area contributed by atoms with E-state index in [0.717, 1.165) is 11.3 Å². The van der Waals surface area contributed by atoms with Crippen LogP contribution in [0, 0.1) is 0 Å². The van der Waals surface area contributed by atoms with Crippen LogP contribution in [0.1, 0.15) is 20.8 Å². The molecule has 0 saturated carbocycles. The Kier molecular flexibility index (Phi) is 2.93. The van der Waals surface area contributed by atoms with E-state index in [-0.39, 0.29) is 12.0 Å². The maximum absolute atomic E-state index is 11.5. The van der Waals surface area contributed by atoms with Crippen LogP contribution in [0.4, 0.5) is 0 Å². The van der Waals surface area contributed by atoms with Crippen molar-refractivity contribution in [2.45, 2.75) is 26.8 Å². The maximum Gasteiger partial charge on any atom is 0.337 e. The van der Waals surface area contributed by atoms with E-state index in [1.165, 1.54) is 0 Å². The second kappa shape index (κ2) is 3.79. The molecule has 0 radical (unpaired) electrons. The van der Waals surface area contributed by atoms with Crippen LogP contribution in [0.15, 0.2) is 11.3 Å². The monoisotopic (exact) mass is 184 g/mol. The second-order valence-corrected chi connectivity index (χ2v) is 3.13. The fourth-order valence-corrected chi connectivity index (χ4v) is 1.48. The zero-order chi connectivity index (χ0) is 10.0. The van der Waals surface area contributed by atoms with E-state index in [0.29, 0.717) is 6.61 Å². The standard InChI is InChI=1S/C9H16N2O2/c1-5-13-9(12)8-6(2)10-11(4)7(8)3/h6,10H,5H2,1-4H3.